The van der Waals surface area contributed by atoms with Crippen molar-refractivity contribution in [1.29, 1.82) is 0 Å². The van der Waals surface area contributed by atoms with Gasteiger partial charge in [0.05, 0.1) is 11.4 Å². The number of pyridine rings is 1. The van der Waals surface area contributed by atoms with Crippen LogP contribution in [0.3, 0.4) is 0 Å². The minimum absolute atomic E-state index is 0.0317. The Labute approximate surface area is 123 Å². The molecule has 3 rings (SSSR count). The standard InChI is InChI=1S/C17H17N3O/c1-11(18)12-5-7-13(8-6-12)17(21)20-16-9-10-19-15-4-2-3-14(15)16/h2-3,5-11H,4,18H2,1H3,(H,19,20,21)/t11-/m1/s1. The first-order valence-corrected chi connectivity index (χ1v) is 6.96. The molecular formula is C17H17N3O. The van der Waals surface area contributed by atoms with Crippen LogP contribution in [0.5, 0.6) is 0 Å². The van der Waals surface area contributed by atoms with Crippen molar-refractivity contribution in [3.63, 3.8) is 0 Å². The number of carbonyl (C=O) groups excluding carboxylic acids is 1. The topological polar surface area (TPSA) is 68.0 Å². The Balaban J connectivity index is 1.81. The SMILES string of the molecule is C[C@@H](N)c1ccc(C(=O)Nc2ccnc3c2C=CC3)cc1. The minimum atomic E-state index is -0.125. The van der Waals surface area contributed by atoms with Crippen molar-refractivity contribution in [2.75, 3.05) is 5.32 Å². The zero-order chi connectivity index (χ0) is 14.8. The van der Waals surface area contributed by atoms with E-state index in [0.717, 1.165) is 28.9 Å². The van der Waals surface area contributed by atoms with E-state index < -0.39 is 0 Å². The van der Waals surface area contributed by atoms with Crippen molar-refractivity contribution >= 4 is 17.7 Å². The monoisotopic (exact) mass is 279 g/mol. The van der Waals surface area contributed by atoms with E-state index >= 15 is 0 Å². The molecule has 0 fully saturated rings. The molecule has 0 saturated carbocycles. The van der Waals surface area contributed by atoms with E-state index in [1.54, 1.807) is 18.3 Å². The summed E-state index contributed by atoms with van der Waals surface area (Å²) in [5, 5.41) is 2.95. The summed E-state index contributed by atoms with van der Waals surface area (Å²) in [6.07, 6.45) is 6.59. The molecule has 1 atom stereocenters. The first-order valence-electron chi connectivity index (χ1n) is 6.96. The highest BCUT2D eigenvalue weighted by Gasteiger charge is 2.14. The van der Waals surface area contributed by atoms with Crippen molar-refractivity contribution in [1.82, 2.24) is 4.98 Å². The van der Waals surface area contributed by atoms with Crippen LogP contribution in [0.25, 0.3) is 6.08 Å². The van der Waals surface area contributed by atoms with Crippen LogP contribution in [0, 0.1) is 0 Å². The van der Waals surface area contributed by atoms with E-state index in [-0.39, 0.29) is 11.9 Å². The number of nitrogens with zero attached hydrogens (tertiary/aromatic N) is 1. The number of nitrogens with two attached hydrogens (primary N) is 1. The molecule has 1 aliphatic rings. The van der Waals surface area contributed by atoms with E-state index in [2.05, 4.69) is 10.3 Å². The lowest BCUT2D eigenvalue weighted by Crippen LogP contribution is -2.13. The van der Waals surface area contributed by atoms with Crippen molar-refractivity contribution in [3.8, 4) is 0 Å². The molecule has 0 bridgehead atoms. The molecular weight excluding hydrogens is 262 g/mol. The number of rotatable bonds is 3. The maximum absolute atomic E-state index is 12.3. The fourth-order valence-corrected chi connectivity index (χ4v) is 2.40. The van der Waals surface area contributed by atoms with Crippen LogP contribution in [-0.4, -0.2) is 10.9 Å². The van der Waals surface area contributed by atoms with Crippen LogP contribution in [0.4, 0.5) is 5.69 Å². The molecule has 0 saturated heterocycles. The molecule has 0 spiro atoms. The van der Waals surface area contributed by atoms with Gasteiger partial charge in [-0.05, 0) is 30.7 Å². The summed E-state index contributed by atoms with van der Waals surface area (Å²) in [6.45, 7) is 1.92. The van der Waals surface area contributed by atoms with Gasteiger partial charge in [0.1, 0.15) is 0 Å². The molecule has 1 amide bonds. The smallest absolute Gasteiger partial charge is 0.255 e. The zero-order valence-electron chi connectivity index (χ0n) is 11.8. The second kappa shape index (κ2) is 5.50. The summed E-state index contributed by atoms with van der Waals surface area (Å²) in [5.41, 5.74) is 10.2. The minimum Gasteiger partial charge on any atom is -0.324 e. The van der Waals surface area contributed by atoms with E-state index in [0.29, 0.717) is 5.56 Å². The maximum Gasteiger partial charge on any atom is 0.255 e. The molecule has 2 aromatic rings. The Morgan fingerprint density at radius 3 is 2.76 bits per heavy atom. The summed E-state index contributed by atoms with van der Waals surface area (Å²) in [7, 11) is 0. The third kappa shape index (κ3) is 2.71. The van der Waals surface area contributed by atoms with E-state index in [4.69, 9.17) is 5.73 Å². The summed E-state index contributed by atoms with van der Waals surface area (Å²) in [6, 6.07) is 9.15. The van der Waals surface area contributed by atoms with Crippen molar-refractivity contribution < 1.29 is 4.79 Å². The first-order chi connectivity index (χ1) is 10.1. The van der Waals surface area contributed by atoms with Gasteiger partial charge in [-0.2, -0.15) is 0 Å². The van der Waals surface area contributed by atoms with E-state index in [9.17, 15) is 4.79 Å². The van der Waals surface area contributed by atoms with Gasteiger partial charge < -0.3 is 11.1 Å². The predicted octanol–water partition coefficient (Wildman–Crippen LogP) is 2.92. The number of hydrogen-bond acceptors (Lipinski definition) is 3. The summed E-state index contributed by atoms with van der Waals surface area (Å²) in [4.78, 5) is 16.6. The Morgan fingerprint density at radius 1 is 1.29 bits per heavy atom. The van der Waals surface area contributed by atoms with E-state index in [1.807, 2.05) is 37.3 Å². The van der Waals surface area contributed by atoms with Gasteiger partial charge in [-0.1, -0.05) is 24.3 Å². The van der Waals surface area contributed by atoms with Gasteiger partial charge in [0, 0.05) is 29.8 Å². The molecule has 4 heteroatoms. The highest BCUT2D eigenvalue weighted by atomic mass is 16.1. The number of fused-ring (bicyclic) bond motifs is 1. The Kier molecular flexibility index (Phi) is 3.54. The highest BCUT2D eigenvalue weighted by molar-refractivity contribution is 6.05. The number of benzene rings is 1. The molecule has 1 aromatic carbocycles. The molecule has 106 valence electrons. The second-order valence-electron chi connectivity index (χ2n) is 5.19. The first kappa shape index (κ1) is 13.5. The van der Waals surface area contributed by atoms with Crippen molar-refractivity contribution in [2.24, 2.45) is 5.73 Å². The average Bonchev–Trinajstić information content (AvgIpc) is 2.97. The third-order valence-electron chi connectivity index (χ3n) is 3.62. The van der Waals surface area contributed by atoms with Crippen LogP contribution >= 0.6 is 0 Å². The van der Waals surface area contributed by atoms with Gasteiger partial charge in [0.15, 0.2) is 0 Å². The molecule has 0 aliphatic heterocycles. The number of aromatic nitrogens is 1. The Hall–Kier alpha value is -2.46. The molecule has 3 N–H and O–H groups in total. The van der Waals surface area contributed by atoms with Crippen LogP contribution in [-0.2, 0) is 6.42 Å². The van der Waals surface area contributed by atoms with Gasteiger partial charge in [-0.15, -0.1) is 0 Å². The third-order valence-corrected chi connectivity index (χ3v) is 3.62. The van der Waals surface area contributed by atoms with Crippen LogP contribution in [0.1, 0.15) is 40.1 Å². The van der Waals surface area contributed by atoms with E-state index in [1.165, 1.54) is 0 Å². The van der Waals surface area contributed by atoms with Crippen LogP contribution < -0.4 is 11.1 Å². The average molecular weight is 279 g/mol. The van der Waals surface area contributed by atoms with Crippen LogP contribution in [0.15, 0.2) is 42.6 Å². The number of anilines is 1. The predicted molar refractivity (Wildman–Crippen MR) is 84.0 cm³/mol. The lowest BCUT2D eigenvalue weighted by Gasteiger charge is -2.10. The number of allylic oxidation sites excluding steroid dienone is 1. The van der Waals surface area contributed by atoms with Gasteiger partial charge in [0.25, 0.3) is 5.91 Å². The normalized spacial score (nSPS) is 13.8. The Bertz CT molecular complexity index is 702. The number of nitrogens with one attached hydrogen (secondary N) is 1. The number of carbonyl (C=O) groups is 1. The zero-order valence-corrected chi connectivity index (χ0v) is 11.8. The maximum atomic E-state index is 12.3. The van der Waals surface area contributed by atoms with Gasteiger partial charge in [-0.3, -0.25) is 9.78 Å². The lowest BCUT2D eigenvalue weighted by molar-refractivity contribution is 0.102. The Morgan fingerprint density at radius 2 is 2.05 bits per heavy atom. The summed E-state index contributed by atoms with van der Waals surface area (Å²) in [5.74, 6) is -0.125. The largest absolute Gasteiger partial charge is 0.324 e. The molecule has 1 heterocycles. The molecule has 1 aromatic heterocycles. The molecule has 21 heavy (non-hydrogen) atoms. The lowest BCUT2D eigenvalue weighted by atomic mass is 10.1. The molecule has 4 nitrogen and oxygen atoms in total. The van der Waals surface area contributed by atoms with Crippen molar-refractivity contribution in [2.45, 2.75) is 19.4 Å². The number of amides is 1. The fraction of sp³-hybridized carbons (Fsp3) is 0.176. The van der Waals surface area contributed by atoms with Gasteiger partial charge in [0.2, 0.25) is 0 Å². The number of hydrogen-bond donors (Lipinski definition) is 2. The van der Waals surface area contributed by atoms with Gasteiger partial charge in [-0.25, -0.2) is 0 Å². The molecule has 1 aliphatic carbocycles. The van der Waals surface area contributed by atoms with Crippen molar-refractivity contribution in [3.05, 3.63) is 65.0 Å². The summed E-state index contributed by atoms with van der Waals surface area (Å²) < 4.78 is 0. The highest BCUT2D eigenvalue weighted by Crippen LogP contribution is 2.25. The summed E-state index contributed by atoms with van der Waals surface area (Å²) >= 11 is 0. The van der Waals surface area contributed by atoms with Gasteiger partial charge >= 0.3 is 0 Å². The van der Waals surface area contributed by atoms with Crippen LogP contribution in [0.2, 0.25) is 0 Å². The molecule has 0 unspecified atom stereocenters. The quantitative estimate of drug-likeness (QED) is 0.907. The second-order valence-corrected chi connectivity index (χ2v) is 5.19. The molecule has 0 radical (unpaired) electrons. The fourth-order valence-electron chi connectivity index (χ4n) is 2.40.